The second kappa shape index (κ2) is 9.97. The second-order valence-corrected chi connectivity index (χ2v) is 11.2. The lowest BCUT2D eigenvalue weighted by atomic mass is 9.84. The van der Waals surface area contributed by atoms with E-state index in [1.165, 1.54) is 16.7 Å². The van der Waals surface area contributed by atoms with Gasteiger partial charge in [-0.1, -0.05) is 19.4 Å². The van der Waals surface area contributed by atoms with Gasteiger partial charge in [0.2, 0.25) is 15.9 Å². The monoisotopic (exact) mass is 488 g/mol. The van der Waals surface area contributed by atoms with Gasteiger partial charge >= 0.3 is 0 Å². The molecule has 2 aromatic rings. The SMILES string of the molecule is C[C@H](CO)N1C[C@H](C)[C@H](CN(C)C(=O)C2CCC2)Oc2cc(-c3cncnc3)ccc2S1(=O)=O. The number of aliphatic hydroxyl groups is 1. The van der Waals surface area contributed by atoms with Crippen LogP contribution in [0, 0.1) is 11.8 Å². The Morgan fingerprint density at radius 2 is 1.97 bits per heavy atom. The minimum atomic E-state index is -3.93. The topological polar surface area (TPSA) is 113 Å². The fourth-order valence-corrected chi connectivity index (χ4v) is 6.22. The normalized spacial score (nSPS) is 23.5. The van der Waals surface area contributed by atoms with Crippen molar-refractivity contribution in [3.8, 4) is 16.9 Å². The molecule has 0 bridgehead atoms. The smallest absolute Gasteiger partial charge is 0.247 e. The molecule has 1 aliphatic carbocycles. The van der Waals surface area contributed by atoms with E-state index in [0.717, 1.165) is 30.4 Å². The Morgan fingerprint density at radius 1 is 1.26 bits per heavy atom. The summed E-state index contributed by atoms with van der Waals surface area (Å²) >= 11 is 0. The van der Waals surface area contributed by atoms with E-state index in [4.69, 9.17) is 4.74 Å². The number of fused-ring (bicyclic) bond motifs is 1. The Balaban J connectivity index is 1.74. The number of hydrogen-bond acceptors (Lipinski definition) is 7. The number of sulfonamides is 1. The van der Waals surface area contributed by atoms with E-state index in [1.54, 1.807) is 43.4 Å². The van der Waals surface area contributed by atoms with Crippen LogP contribution in [-0.4, -0.2) is 77.5 Å². The molecular formula is C24H32N4O5S. The number of ether oxygens (including phenoxy) is 1. The lowest BCUT2D eigenvalue weighted by molar-refractivity contribution is -0.138. The Hall–Kier alpha value is -2.56. The molecule has 1 fully saturated rings. The predicted octanol–water partition coefficient (Wildman–Crippen LogP) is 2.17. The Kier molecular flexibility index (Phi) is 7.20. The van der Waals surface area contributed by atoms with E-state index in [2.05, 4.69) is 9.97 Å². The van der Waals surface area contributed by atoms with Crippen LogP contribution in [0.3, 0.4) is 0 Å². The van der Waals surface area contributed by atoms with Crippen LogP contribution >= 0.6 is 0 Å². The molecule has 1 saturated carbocycles. The van der Waals surface area contributed by atoms with Crippen molar-refractivity contribution in [2.45, 2.75) is 50.2 Å². The summed E-state index contributed by atoms with van der Waals surface area (Å²) in [6.45, 7) is 3.82. The first-order valence-electron chi connectivity index (χ1n) is 11.7. The summed E-state index contributed by atoms with van der Waals surface area (Å²) in [7, 11) is -2.15. The number of likely N-dealkylation sites (N-methyl/N-ethyl adjacent to an activating group) is 1. The van der Waals surface area contributed by atoms with Gasteiger partial charge in [-0.05, 0) is 37.5 Å². The summed E-state index contributed by atoms with van der Waals surface area (Å²) in [5, 5.41) is 9.78. The molecule has 1 aromatic carbocycles. The summed E-state index contributed by atoms with van der Waals surface area (Å²) in [5.41, 5.74) is 1.46. The highest BCUT2D eigenvalue weighted by atomic mass is 32.2. The molecule has 34 heavy (non-hydrogen) atoms. The van der Waals surface area contributed by atoms with E-state index < -0.39 is 22.2 Å². The number of aliphatic hydroxyl groups excluding tert-OH is 1. The Morgan fingerprint density at radius 3 is 2.59 bits per heavy atom. The fourth-order valence-electron chi connectivity index (χ4n) is 4.40. The predicted molar refractivity (Wildman–Crippen MR) is 126 cm³/mol. The lowest BCUT2D eigenvalue weighted by Gasteiger charge is -2.38. The van der Waals surface area contributed by atoms with Gasteiger partial charge < -0.3 is 14.7 Å². The Labute approximate surface area is 200 Å². The van der Waals surface area contributed by atoms with E-state index in [1.807, 2.05) is 6.92 Å². The average molecular weight is 489 g/mol. The molecule has 184 valence electrons. The molecule has 0 saturated heterocycles. The summed E-state index contributed by atoms with van der Waals surface area (Å²) in [6.07, 6.45) is 7.20. The van der Waals surface area contributed by atoms with E-state index >= 15 is 0 Å². The maximum Gasteiger partial charge on any atom is 0.247 e. The molecule has 3 atom stereocenters. The van der Waals surface area contributed by atoms with Crippen LogP contribution in [0.25, 0.3) is 11.1 Å². The highest BCUT2D eigenvalue weighted by molar-refractivity contribution is 7.89. The summed E-state index contributed by atoms with van der Waals surface area (Å²) < 4.78 is 34.9. The van der Waals surface area contributed by atoms with Gasteiger partial charge in [-0.15, -0.1) is 0 Å². The first-order chi connectivity index (χ1) is 16.2. The van der Waals surface area contributed by atoms with Gasteiger partial charge in [0.25, 0.3) is 0 Å². The molecule has 0 unspecified atom stereocenters. The average Bonchev–Trinajstić information content (AvgIpc) is 2.79. The molecule has 1 aliphatic heterocycles. The van der Waals surface area contributed by atoms with Crippen LogP contribution in [0.2, 0.25) is 0 Å². The van der Waals surface area contributed by atoms with Crippen LogP contribution < -0.4 is 4.74 Å². The maximum absolute atomic E-state index is 13.6. The van der Waals surface area contributed by atoms with Gasteiger partial charge in [0.15, 0.2) is 0 Å². The lowest BCUT2D eigenvalue weighted by Crippen LogP contribution is -2.50. The zero-order valence-electron chi connectivity index (χ0n) is 19.8. The third-order valence-electron chi connectivity index (χ3n) is 6.85. The standard InChI is InChI=1S/C24H32N4O5S/c1-16-12-28(17(2)14-29)34(31,32)23-8-7-19(20-10-25-15-26-11-20)9-21(23)33-22(16)13-27(3)24(30)18-5-4-6-18/h7-11,15-18,22,29H,4-6,12-14H2,1-3H3/t16-,17+,22-/m0/s1. The number of aromatic nitrogens is 2. The van der Waals surface area contributed by atoms with E-state index in [9.17, 15) is 18.3 Å². The first-order valence-corrected chi connectivity index (χ1v) is 13.1. The molecule has 1 N–H and O–H groups in total. The highest BCUT2D eigenvalue weighted by Gasteiger charge is 2.39. The molecule has 1 aromatic heterocycles. The number of carbonyl (C=O) groups excluding carboxylic acids is 1. The van der Waals surface area contributed by atoms with Crippen molar-refractivity contribution in [2.75, 3.05) is 26.7 Å². The molecule has 0 spiro atoms. The number of hydrogen-bond donors (Lipinski definition) is 1. The largest absolute Gasteiger partial charge is 0.487 e. The number of carbonyl (C=O) groups is 1. The molecule has 2 aliphatic rings. The van der Waals surface area contributed by atoms with Gasteiger partial charge in [-0.3, -0.25) is 4.79 Å². The maximum atomic E-state index is 13.6. The fraction of sp³-hybridized carbons (Fsp3) is 0.542. The van der Waals surface area contributed by atoms with Gasteiger partial charge in [-0.2, -0.15) is 4.31 Å². The number of amides is 1. The summed E-state index contributed by atoms with van der Waals surface area (Å²) in [6, 6.07) is 4.31. The van der Waals surface area contributed by atoms with Crippen molar-refractivity contribution >= 4 is 15.9 Å². The van der Waals surface area contributed by atoms with Crippen molar-refractivity contribution in [1.82, 2.24) is 19.2 Å². The minimum Gasteiger partial charge on any atom is -0.487 e. The van der Waals surface area contributed by atoms with Crippen molar-refractivity contribution < 1.29 is 23.1 Å². The second-order valence-electron chi connectivity index (χ2n) is 9.38. The number of benzene rings is 1. The quantitative estimate of drug-likeness (QED) is 0.663. The van der Waals surface area contributed by atoms with E-state index in [0.29, 0.717) is 6.54 Å². The molecule has 4 rings (SSSR count). The third kappa shape index (κ3) is 4.80. The molecule has 2 heterocycles. The molecule has 10 heteroatoms. The van der Waals surface area contributed by atoms with Crippen molar-refractivity contribution in [3.05, 3.63) is 36.9 Å². The van der Waals surface area contributed by atoms with Crippen LogP contribution in [0.15, 0.2) is 41.8 Å². The van der Waals surface area contributed by atoms with Crippen LogP contribution in [-0.2, 0) is 14.8 Å². The summed E-state index contributed by atoms with van der Waals surface area (Å²) in [4.78, 5) is 22.6. The molecule has 1 amide bonds. The van der Waals surface area contributed by atoms with Gasteiger partial charge in [0.1, 0.15) is 23.1 Å². The van der Waals surface area contributed by atoms with Crippen molar-refractivity contribution in [1.29, 1.82) is 0 Å². The van der Waals surface area contributed by atoms with Crippen molar-refractivity contribution in [3.63, 3.8) is 0 Å². The molecular weight excluding hydrogens is 456 g/mol. The third-order valence-corrected chi connectivity index (χ3v) is 8.86. The van der Waals surface area contributed by atoms with E-state index in [-0.39, 0.29) is 41.5 Å². The minimum absolute atomic E-state index is 0.0401. The molecule has 0 radical (unpaired) electrons. The zero-order chi connectivity index (χ0) is 24.5. The van der Waals surface area contributed by atoms with Crippen LogP contribution in [0.1, 0.15) is 33.1 Å². The highest BCUT2D eigenvalue weighted by Crippen LogP contribution is 2.36. The Bertz CT molecular complexity index is 1120. The van der Waals surface area contributed by atoms with Gasteiger partial charge in [0.05, 0.1) is 13.2 Å². The van der Waals surface area contributed by atoms with Crippen LogP contribution in [0.5, 0.6) is 5.75 Å². The van der Waals surface area contributed by atoms with Gasteiger partial charge in [-0.25, -0.2) is 18.4 Å². The number of nitrogens with zero attached hydrogens (tertiary/aromatic N) is 4. The van der Waals surface area contributed by atoms with Gasteiger partial charge in [0, 0.05) is 49.4 Å². The summed E-state index contributed by atoms with van der Waals surface area (Å²) in [5.74, 6) is 0.166. The number of rotatable bonds is 6. The van der Waals surface area contributed by atoms with Crippen molar-refractivity contribution in [2.24, 2.45) is 11.8 Å². The molecule has 9 nitrogen and oxygen atoms in total. The van der Waals surface area contributed by atoms with Crippen LogP contribution in [0.4, 0.5) is 0 Å². The first kappa shape index (κ1) is 24.6. The zero-order valence-corrected chi connectivity index (χ0v) is 20.6.